The van der Waals surface area contributed by atoms with Crippen molar-refractivity contribution < 1.29 is 26.0 Å². The molecule has 1 aromatic carbocycles. The molecule has 0 aliphatic rings. The fourth-order valence-corrected chi connectivity index (χ4v) is 3.94. The average molecular weight is 429 g/mol. The second-order valence-electron chi connectivity index (χ2n) is 5.87. The Kier molecular flexibility index (Phi) is 7.43. The normalized spacial score (nSPS) is 11.3. The van der Waals surface area contributed by atoms with Gasteiger partial charge < -0.3 is 17.3 Å². The molecule has 3 rings (SSSR count). The average Bonchev–Trinajstić information content (AvgIpc) is 3.22. The Labute approximate surface area is 170 Å². The van der Waals surface area contributed by atoms with Crippen LogP contribution in [0.1, 0.15) is 4.88 Å². The molecule has 0 radical (unpaired) electrons. The molecule has 0 aliphatic heterocycles. The van der Waals surface area contributed by atoms with Crippen molar-refractivity contribution in [2.75, 3.05) is 32.1 Å². The number of halogens is 3. The van der Waals surface area contributed by atoms with E-state index >= 15 is 0 Å². The first-order chi connectivity index (χ1) is 12.4. The van der Waals surface area contributed by atoms with Crippen LogP contribution in [0.4, 0.5) is 13.9 Å². The molecular formula is C18H17ClF2N3OS2-. The van der Waals surface area contributed by atoms with Crippen molar-refractivity contribution in [2.24, 2.45) is 0 Å². The van der Waals surface area contributed by atoms with Gasteiger partial charge in [-0.1, -0.05) is 17.4 Å². The van der Waals surface area contributed by atoms with E-state index in [1.807, 2.05) is 36.5 Å². The maximum atomic E-state index is 14.0. The Morgan fingerprint density at radius 1 is 1.26 bits per heavy atom. The van der Waals surface area contributed by atoms with Gasteiger partial charge in [-0.25, -0.2) is 13.8 Å². The van der Waals surface area contributed by atoms with Crippen molar-refractivity contribution in [1.29, 1.82) is 0 Å². The van der Waals surface area contributed by atoms with Gasteiger partial charge in [0.2, 0.25) is 0 Å². The number of fused-ring (bicyclic) bond motifs is 1. The first-order valence-electron chi connectivity index (χ1n) is 7.87. The number of thiophene rings is 1. The summed E-state index contributed by atoms with van der Waals surface area (Å²) in [7, 11) is 3.80. The van der Waals surface area contributed by atoms with Gasteiger partial charge in [0.15, 0.2) is 10.9 Å². The Morgan fingerprint density at radius 3 is 2.70 bits per heavy atom. The molecule has 0 bridgehead atoms. The highest BCUT2D eigenvalue weighted by Gasteiger charge is 2.20. The highest BCUT2D eigenvalue weighted by atomic mass is 35.5. The maximum absolute atomic E-state index is 14.0. The molecule has 0 fully saturated rings. The molecule has 2 heterocycles. The van der Waals surface area contributed by atoms with Gasteiger partial charge in [-0.15, -0.1) is 11.3 Å². The summed E-state index contributed by atoms with van der Waals surface area (Å²) in [6.07, 6.45) is 3.22. The molecule has 1 amide bonds. The van der Waals surface area contributed by atoms with E-state index in [0.717, 1.165) is 22.3 Å². The van der Waals surface area contributed by atoms with Crippen LogP contribution < -0.4 is 17.3 Å². The van der Waals surface area contributed by atoms with Crippen LogP contribution in [0, 0.1) is 11.6 Å². The topological polar surface area (TPSA) is 36.4 Å². The summed E-state index contributed by atoms with van der Waals surface area (Å²) < 4.78 is 27.8. The Morgan fingerprint density at radius 2 is 2.04 bits per heavy atom. The number of hydrogen-bond acceptors (Lipinski definition) is 5. The molecule has 0 atom stereocenters. The lowest BCUT2D eigenvalue weighted by atomic mass is 10.3. The largest absolute Gasteiger partial charge is 1.00 e. The molecule has 27 heavy (non-hydrogen) atoms. The van der Waals surface area contributed by atoms with E-state index in [0.29, 0.717) is 22.9 Å². The van der Waals surface area contributed by atoms with Gasteiger partial charge in [0, 0.05) is 30.1 Å². The van der Waals surface area contributed by atoms with Gasteiger partial charge in [-0.05, 0) is 37.7 Å². The van der Waals surface area contributed by atoms with Crippen LogP contribution in [0.25, 0.3) is 16.3 Å². The van der Waals surface area contributed by atoms with Crippen molar-refractivity contribution in [3.63, 3.8) is 0 Å². The predicted molar refractivity (Wildman–Crippen MR) is 104 cm³/mol. The van der Waals surface area contributed by atoms with Crippen LogP contribution in [0.5, 0.6) is 0 Å². The smallest absolute Gasteiger partial charge is 0.252 e. The third-order valence-electron chi connectivity index (χ3n) is 3.60. The van der Waals surface area contributed by atoms with Gasteiger partial charge >= 0.3 is 0 Å². The van der Waals surface area contributed by atoms with E-state index in [1.165, 1.54) is 28.4 Å². The Balaban J connectivity index is 0.00000261. The molecule has 9 heteroatoms. The van der Waals surface area contributed by atoms with Crippen LogP contribution in [0.2, 0.25) is 0 Å². The number of hydrogen-bond donors (Lipinski definition) is 0. The van der Waals surface area contributed by atoms with Gasteiger partial charge in [0.25, 0.3) is 5.91 Å². The summed E-state index contributed by atoms with van der Waals surface area (Å²) in [5, 5.41) is 2.28. The number of carbonyl (C=O) groups excluding carboxylic acids is 1. The Bertz CT molecular complexity index is 942. The van der Waals surface area contributed by atoms with Crippen molar-refractivity contribution in [3.8, 4) is 0 Å². The van der Waals surface area contributed by atoms with E-state index in [2.05, 4.69) is 4.98 Å². The van der Waals surface area contributed by atoms with Gasteiger partial charge in [-0.2, -0.15) is 0 Å². The number of thiazole rings is 1. The van der Waals surface area contributed by atoms with E-state index < -0.39 is 11.6 Å². The third-order valence-corrected chi connectivity index (χ3v) is 5.47. The third kappa shape index (κ3) is 5.32. The van der Waals surface area contributed by atoms with Crippen LogP contribution in [0.3, 0.4) is 0 Å². The summed E-state index contributed by atoms with van der Waals surface area (Å²) in [5.74, 6) is -1.63. The summed E-state index contributed by atoms with van der Waals surface area (Å²) in [5.41, 5.74) is 0.0799. The van der Waals surface area contributed by atoms with Crippen LogP contribution in [-0.4, -0.2) is 43.0 Å². The summed E-state index contributed by atoms with van der Waals surface area (Å²) >= 11 is 2.63. The van der Waals surface area contributed by atoms with Gasteiger partial charge in [0.05, 0.1) is 4.70 Å². The molecule has 3 aromatic rings. The summed E-state index contributed by atoms with van der Waals surface area (Å²) in [4.78, 5) is 21.3. The highest BCUT2D eigenvalue weighted by molar-refractivity contribution is 7.22. The zero-order valence-corrected chi connectivity index (χ0v) is 17.0. The SMILES string of the molecule is CN(C)CCN(C(=O)/C=C/c1cccs1)c1nc2c(F)cc(F)cc2s1.[Cl-]. The van der Waals surface area contributed by atoms with E-state index in [-0.39, 0.29) is 23.8 Å². The number of amides is 1. The van der Waals surface area contributed by atoms with Gasteiger partial charge in [0.1, 0.15) is 11.3 Å². The second kappa shape index (κ2) is 9.36. The minimum Gasteiger partial charge on any atom is -1.00 e. The standard InChI is InChI=1S/C18H17F2N3OS2.ClH/c1-22(2)7-8-23(16(24)6-5-13-4-3-9-25-13)18-21-17-14(20)10-12(19)11-15(17)26-18;/h3-6,9-11H,7-8H2,1-2H3;1H/p-1/b6-5+;. The monoisotopic (exact) mass is 428 g/mol. The van der Waals surface area contributed by atoms with Crippen LogP contribution in [0.15, 0.2) is 35.7 Å². The molecule has 0 saturated carbocycles. The number of aromatic nitrogens is 1. The predicted octanol–water partition coefficient (Wildman–Crippen LogP) is 1.25. The molecule has 144 valence electrons. The zero-order valence-electron chi connectivity index (χ0n) is 14.7. The Hall–Kier alpha value is -1.87. The lowest BCUT2D eigenvalue weighted by Gasteiger charge is -2.20. The molecule has 4 nitrogen and oxygen atoms in total. The molecule has 2 aromatic heterocycles. The summed E-state index contributed by atoms with van der Waals surface area (Å²) in [6, 6.07) is 5.85. The number of carbonyl (C=O) groups is 1. The first kappa shape index (κ1) is 21.4. The fraction of sp³-hybridized carbons (Fsp3) is 0.222. The molecule has 0 aliphatic carbocycles. The van der Waals surface area contributed by atoms with Crippen molar-refractivity contribution in [2.45, 2.75) is 0 Å². The number of nitrogens with zero attached hydrogens (tertiary/aromatic N) is 3. The highest BCUT2D eigenvalue weighted by Crippen LogP contribution is 2.31. The molecular weight excluding hydrogens is 412 g/mol. The molecule has 0 N–H and O–H groups in total. The van der Waals surface area contributed by atoms with E-state index in [1.54, 1.807) is 6.08 Å². The summed E-state index contributed by atoms with van der Waals surface area (Å²) in [6.45, 7) is 1.01. The maximum Gasteiger partial charge on any atom is 0.252 e. The molecule has 0 saturated heterocycles. The lowest BCUT2D eigenvalue weighted by Crippen LogP contribution is -3.00. The minimum atomic E-state index is -0.725. The van der Waals surface area contributed by atoms with E-state index in [9.17, 15) is 13.6 Å². The number of benzene rings is 1. The number of rotatable bonds is 6. The first-order valence-corrected chi connectivity index (χ1v) is 9.57. The minimum absolute atomic E-state index is 0. The molecule has 0 spiro atoms. The second-order valence-corrected chi connectivity index (χ2v) is 7.86. The fourth-order valence-electron chi connectivity index (χ4n) is 2.29. The number of anilines is 1. The van der Waals surface area contributed by atoms with Gasteiger partial charge in [-0.3, -0.25) is 9.69 Å². The van der Waals surface area contributed by atoms with E-state index in [4.69, 9.17) is 0 Å². The van der Waals surface area contributed by atoms with Crippen LogP contribution >= 0.6 is 22.7 Å². The zero-order chi connectivity index (χ0) is 18.7. The van der Waals surface area contributed by atoms with Crippen molar-refractivity contribution in [3.05, 3.63) is 52.2 Å². The molecule has 0 unspecified atom stereocenters. The lowest BCUT2D eigenvalue weighted by molar-refractivity contribution is -0.114. The van der Waals surface area contributed by atoms with Crippen molar-refractivity contribution >= 4 is 50.0 Å². The van der Waals surface area contributed by atoms with Crippen LogP contribution in [-0.2, 0) is 4.79 Å². The van der Waals surface area contributed by atoms with Crippen molar-refractivity contribution in [1.82, 2.24) is 9.88 Å². The number of likely N-dealkylation sites (N-methyl/N-ethyl adjacent to an activating group) is 1. The quantitative estimate of drug-likeness (QED) is 0.554.